The second-order valence-corrected chi connectivity index (χ2v) is 11.7. The quantitative estimate of drug-likeness (QED) is 0.325. The molecule has 0 atom stereocenters. The van der Waals surface area contributed by atoms with Crippen LogP contribution in [0.25, 0.3) is 27.4 Å². The predicted octanol–water partition coefficient (Wildman–Crippen LogP) is 6.17. The molecule has 0 amide bonds. The van der Waals surface area contributed by atoms with Crippen LogP contribution in [0.2, 0.25) is 0 Å². The lowest BCUT2D eigenvalue weighted by Gasteiger charge is -2.33. The third-order valence-corrected chi connectivity index (χ3v) is 8.45. The van der Waals surface area contributed by atoms with Crippen molar-refractivity contribution in [3.63, 3.8) is 0 Å². The van der Waals surface area contributed by atoms with Crippen molar-refractivity contribution in [1.82, 2.24) is 9.78 Å². The number of hydrogen-bond donors (Lipinski definition) is 1. The largest absolute Gasteiger partial charge is 0.435 e. The highest BCUT2D eigenvalue weighted by atomic mass is 32.2. The third-order valence-electron chi connectivity index (χ3n) is 6.58. The minimum absolute atomic E-state index is 0.0353. The molecule has 6 nitrogen and oxygen atoms in total. The average molecular weight is 547 g/mol. The number of halogens is 3. The number of alkyl halides is 3. The molecule has 0 radical (unpaired) electrons. The van der Waals surface area contributed by atoms with Crippen molar-refractivity contribution in [3.8, 4) is 27.4 Å². The Labute approximate surface area is 217 Å². The summed E-state index contributed by atoms with van der Waals surface area (Å²) < 4.78 is 66.3. The highest BCUT2D eigenvalue weighted by Crippen LogP contribution is 2.39. The molecule has 3 heterocycles. The highest BCUT2D eigenvalue weighted by molar-refractivity contribution is 7.89. The smallest absolute Gasteiger partial charge is 0.370 e. The molecule has 0 unspecified atom stereocenters. The van der Waals surface area contributed by atoms with E-state index in [1.165, 1.54) is 28.2 Å². The van der Waals surface area contributed by atoms with Gasteiger partial charge in [0.05, 0.1) is 26.8 Å². The number of nitrogens with two attached hydrogens (primary N) is 1. The van der Waals surface area contributed by atoms with E-state index < -0.39 is 21.9 Å². The zero-order valence-electron chi connectivity index (χ0n) is 19.9. The normalized spacial score (nSPS) is 15.3. The van der Waals surface area contributed by atoms with Crippen LogP contribution in [0.4, 0.5) is 18.9 Å². The van der Waals surface area contributed by atoms with Gasteiger partial charge in [-0.25, -0.2) is 18.2 Å². The van der Waals surface area contributed by atoms with Crippen LogP contribution in [0, 0.1) is 5.92 Å². The molecule has 4 aromatic rings. The maximum Gasteiger partial charge on any atom is 0.435 e. The number of thiophene rings is 1. The van der Waals surface area contributed by atoms with Gasteiger partial charge in [0.15, 0.2) is 5.69 Å². The van der Waals surface area contributed by atoms with E-state index >= 15 is 0 Å². The number of rotatable bonds is 5. The van der Waals surface area contributed by atoms with Crippen LogP contribution in [0.15, 0.2) is 70.9 Å². The Kier molecular flexibility index (Phi) is 6.63. The molecule has 0 saturated carbocycles. The summed E-state index contributed by atoms with van der Waals surface area (Å²) in [4.78, 5) is 2.74. The SMILES string of the molecule is CC1CCN(c2ccccc2-n2nc(C(F)(F)F)cc2-c2cc(-c3cccc(S(N)(=O)=O)c3)cs2)CC1. The van der Waals surface area contributed by atoms with Crippen LogP contribution in [-0.2, 0) is 16.2 Å². The van der Waals surface area contributed by atoms with Crippen molar-refractivity contribution in [1.29, 1.82) is 0 Å². The standard InChI is InChI=1S/C26H25F3N4O2S2/c1-17-9-11-32(12-10-17)21-7-2-3-8-22(21)33-23(15-25(31-33)26(27,28)29)24-14-19(16-36-24)18-5-4-6-20(13-18)37(30,34)35/h2-8,13-17H,9-12H2,1H3,(H2,30,34,35). The fourth-order valence-corrected chi connectivity index (χ4v) is 5.99. The van der Waals surface area contributed by atoms with E-state index in [2.05, 4.69) is 16.9 Å². The van der Waals surface area contributed by atoms with Crippen LogP contribution in [0.1, 0.15) is 25.5 Å². The summed E-state index contributed by atoms with van der Waals surface area (Å²) in [6.07, 6.45) is -2.58. The molecule has 2 aromatic heterocycles. The monoisotopic (exact) mass is 546 g/mol. The predicted molar refractivity (Wildman–Crippen MR) is 139 cm³/mol. The van der Waals surface area contributed by atoms with Crippen LogP contribution in [-0.4, -0.2) is 31.3 Å². The molecule has 2 N–H and O–H groups in total. The van der Waals surface area contributed by atoms with Crippen molar-refractivity contribution >= 4 is 27.0 Å². The van der Waals surface area contributed by atoms with Gasteiger partial charge in [0.25, 0.3) is 0 Å². The number of para-hydroxylation sites is 2. The molecule has 194 valence electrons. The lowest BCUT2D eigenvalue weighted by atomic mass is 9.98. The lowest BCUT2D eigenvalue weighted by molar-refractivity contribution is -0.141. The van der Waals surface area contributed by atoms with E-state index in [0.29, 0.717) is 33.3 Å². The van der Waals surface area contributed by atoms with Crippen LogP contribution in [0.5, 0.6) is 0 Å². The molecule has 0 spiro atoms. The Balaban J connectivity index is 1.60. The minimum atomic E-state index is -4.61. The number of primary sulfonamides is 1. The lowest BCUT2D eigenvalue weighted by Crippen LogP contribution is -2.33. The summed E-state index contributed by atoms with van der Waals surface area (Å²) in [5, 5.41) is 11.0. The van der Waals surface area contributed by atoms with Gasteiger partial charge in [0, 0.05) is 13.1 Å². The summed E-state index contributed by atoms with van der Waals surface area (Å²) in [6, 6.07) is 16.3. The Morgan fingerprint density at radius 3 is 2.35 bits per heavy atom. The number of aromatic nitrogens is 2. The summed E-state index contributed by atoms with van der Waals surface area (Å²) in [5.41, 5.74) is 2.02. The topological polar surface area (TPSA) is 81.2 Å². The second kappa shape index (κ2) is 9.62. The average Bonchev–Trinajstić information content (AvgIpc) is 3.52. The van der Waals surface area contributed by atoms with E-state index in [1.807, 2.05) is 12.1 Å². The van der Waals surface area contributed by atoms with Gasteiger partial charge in [-0.1, -0.05) is 31.2 Å². The van der Waals surface area contributed by atoms with Gasteiger partial charge in [0.2, 0.25) is 10.0 Å². The molecule has 1 aliphatic heterocycles. The molecule has 5 rings (SSSR count). The van der Waals surface area contributed by atoms with E-state index in [1.54, 1.807) is 35.7 Å². The molecule has 2 aromatic carbocycles. The van der Waals surface area contributed by atoms with Gasteiger partial charge in [-0.3, -0.25) is 0 Å². The van der Waals surface area contributed by atoms with E-state index in [0.717, 1.165) is 37.7 Å². The van der Waals surface area contributed by atoms with Gasteiger partial charge < -0.3 is 4.90 Å². The summed E-state index contributed by atoms with van der Waals surface area (Å²) in [7, 11) is -3.89. The van der Waals surface area contributed by atoms with Crippen LogP contribution < -0.4 is 10.0 Å². The number of anilines is 1. The molecule has 0 aliphatic carbocycles. The number of sulfonamides is 1. The van der Waals surface area contributed by atoms with E-state index in [9.17, 15) is 21.6 Å². The second-order valence-electron chi connectivity index (χ2n) is 9.26. The molecule has 1 aliphatic rings. The van der Waals surface area contributed by atoms with Gasteiger partial charge in [0.1, 0.15) is 0 Å². The number of hydrogen-bond acceptors (Lipinski definition) is 5. The first-order chi connectivity index (χ1) is 17.5. The summed E-state index contributed by atoms with van der Waals surface area (Å²) in [6.45, 7) is 3.85. The molecule has 37 heavy (non-hydrogen) atoms. The molecular formula is C26H25F3N4O2S2. The molecular weight excluding hydrogens is 521 g/mol. The third kappa shape index (κ3) is 5.29. The molecule has 1 saturated heterocycles. The van der Waals surface area contributed by atoms with Crippen molar-refractivity contribution in [2.45, 2.75) is 30.8 Å². The van der Waals surface area contributed by atoms with E-state index in [-0.39, 0.29) is 4.90 Å². The zero-order chi connectivity index (χ0) is 26.4. The van der Waals surface area contributed by atoms with Crippen molar-refractivity contribution in [2.24, 2.45) is 11.1 Å². The number of piperidine rings is 1. The van der Waals surface area contributed by atoms with Gasteiger partial charge >= 0.3 is 6.18 Å². The van der Waals surface area contributed by atoms with Crippen molar-refractivity contribution in [2.75, 3.05) is 18.0 Å². The highest BCUT2D eigenvalue weighted by Gasteiger charge is 2.36. The summed E-state index contributed by atoms with van der Waals surface area (Å²) in [5.74, 6) is 0.609. The first-order valence-corrected chi connectivity index (χ1v) is 14.2. The molecule has 0 bridgehead atoms. The van der Waals surface area contributed by atoms with Gasteiger partial charge in [-0.2, -0.15) is 18.3 Å². The van der Waals surface area contributed by atoms with Crippen LogP contribution >= 0.6 is 11.3 Å². The number of nitrogens with zero attached hydrogens (tertiary/aromatic N) is 3. The van der Waals surface area contributed by atoms with Crippen molar-refractivity contribution in [3.05, 3.63) is 71.7 Å². The van der Waals surface area contributed by atoms with Crippen LogP contribution in [0.3, 0.4) is 0 Å². The maximum atomic E-state index is 13.8. The first kappa shape index (κ1) is 25.5. The van der Waals surface area contributed by atoms with E-state index in [4.69, 9.17) is 5.14 Å². The summed E-state index contributed by atoms with van der Waals surface area (Å²) >= 11 is 1.26. The van der Waals surface area contributed by atoms with Crippen molar-refractivity contribution < 1.29 is 21.6 Å². The van der Waals surface area contributed by atoms with Gasteiger partial charge in [-0.15, -0.1) is 11.3 Å². The Bertz CT molecular complexity index is 1540. The zero-order valence-corrected chi connectivity index (χ0v) is 21.6. The Morgan fingerprint density at radius 1 is 0.973 bits per heavy atom. The fraction of sp³-hybridized carbons (Fsp3) is 0.269. The molecule has 1 fully saturated rings. The maximum absolute atomic E-state index is 13.8. The van der Waals surface area contributed by atoms with Gasteiger partial charge in [-0.05, 0) is 71.7 Å². The Hall–Kier alpha value is -3.15. The molecule has 11 heteroatoms. The fourth-order valence-electron chi connectivity index (χ4n) is 4.51. The minimum Gasteiger partial charge on any atom is -0.370 e. The first-order valence-electron chi connectivity index (χ1n) is 11.7. The number of benzene rings is 2. The Morgan fingerprint density at radius 2 is 1.68 bits per heavy atom.